The van der Waals surface area contributed by atoms with E-state index in [-0.39, 0.29) is 23.9 Å². The highest BCUT2D eigenvalue weighted by molar-refractivity contribution is 5.85. The zero-order valence-electron chi connectivity index (χ0n) is 13.5. The fourth-order valence-electron chi connectivity index (χ4n) is 4.25. The molecule has 0 spiro atoms. The zero-order valence-corrected chi connectivity index (χ0v) is 14.3. The minimum atomic E-state index is -0.320. The standard InChI is InChI=1S/C16H28N2O3.ClH/c1-20-12-16(6-8-17-9-7-16)15(19)18-10-11-21-14-5-3-2-4-13(14)18;/h13-14,17H,2-12H2,1H3;1H. The fraction of sp³-hybridized carbons (Fsp3) is 0.938. The van der Waals surface area contributed by atoms with Crippen molar-refractivity contribution in [3.05, 3.63) is 0 Å². The second kappa shape index (κ2) is 7.95. The van der Waals surface area contributed by atoms with Crippen molar-refractivity contribution < 1.29 is 14.3 Å². The number of nitrogens with one attached hydrogen (secondary N) is 1. The lowest BCUT2D eigenvalue weighted by molar-refractivity contribution is -0.165. The zero-order chi connectivity index (χ0) is 14.7. The number of piperidine rings is 1. The van der Waals surface area contributed by atoms with Crippen LogP contribution in [0.25, 0.3) is 0 Å². The summed E-state index contributed by atoms with van der Waals surface area (Å²) >= 11 is 0. The minimum absolute atomic E-state index is 0. The van der Waals surface area contributed by atoms with E-state index in [1.165, 1.54) is 12.8 Å². The van der Waals surface area contributed by atoms with Crippen LogP contribution in [0.3, 0.4) is 0 Å². The molecule has 3 aliphatic rings. The minimum Gasteiger partial charge on any atom is -0.384 e. The van der Waals surface area contributed by atoms with Crippen molar-refractivity contribution >= 4 is 18.3 Å². The maximum absolute atomic E-state index is 13.3. The Morgan fingerprint density at radius 3 is 2.77 bits per heavy atom. The van der Waals surface area contributed by atoms with Crippen LogP contribution in [0.4, 0.5) is 0 Å². The topological polar surface area (TPSA) is 50.8 Å². The van der Waals surface area contributed by atoms with Crippen LogP contribution in [0.15, 0.2) is 0 Å². The first-order valence-electron chi connectivity index (χ1n) is 8.39. The number of hydrogen-bond acceptors (Lipinski definition) is 4. The SMILES string of the molecule is COCC1(C(=O)N2CCOC3CCCCC32)CCNCC1.Cl. The summed E-state index contributed by atoms with van der Waals surface area (Å²) in [5.41, 5.74) is -0.320. The average Bonchev–Trinajstić information content (AvgIpc) is 2.55. The van der Waals surface area contributed by atoms with Crippen LogP contribution >= 0.6 is 12.4 Å². The van der Waals surface area contributed by atoms with Gasteiger partial charge in [-0.3, -0.25) is 4.79 Å². The van der Waals surface area contributed by atoms with Gasteiger partial charge < -0.3 is 19.7 Å². The molecule has 2 heterocycles. The van der Waals surface area contributed by atoms with Gasteiger partial charge in [0.2, 0.25) is 5.91 Å². The van der Waals surface area contributed by atoms with E-state index in [4.69, 9.17) is 9.47 Å². The number of nitrogens with zero attached hydrogens (tertiary/aromatic N) is 1. The highest BCUT2D eigenvalue weighted by atomic mass is 35.5. The van der Waals surface area contributed by atoms with Gasteiger partial charge in [0.25, 0.3) is 0 Å². The molecule has 0 radical (unpaired) electrons. The predicted octanol–water partition coefficient (Wildman–Crippen LogP) is 1.59. The Hall–Kier alpha value is -0.360. The van der Waals surface area contributed by atoms with E-state index >= 15 is 0 Å². The molecule has 0 aromatic carbocycles. The number of halogens is 1. The monoisotopic (exact) mass is 332 g/mol. The van der Waals surface area contributed by atoms with E-state index in [1.807, 2.05) is 0 Å². The van der Waals surface area contributed by atoms with Gasteiger partial charge >= 0.3 is 0 Å². The quantitative estimate of drug-likeness (QED) is 0.853. The smallest absolute Gasteiger partial charge is 0.231 e. The van der Waals surface area contributed by atoms with Gasteiger partial charge in [-0.2, -0.15) is 0 Å². The number of hydrogen-bond donors (Lipinski definition) is 1. The third kappa shape index (κ3) is 3.42. The molecule has 5 nitrogen and oxygen atoms in total. The van der Waals surface area contributed by atoms with Crippen molar-refractivity contribution in [3.63, 3.8) is 0 Å². The van der Waals surface area contributed by atoms with Crippen LogP contribution in [-0.2, 0) is 14.3 Å². The fourth-order valence-corrected chi connectivity index (χ4v) is 4.25. The molecule has 2 atom stereocenters. The summed E-state index contributed by atoms with van der Waals surface area (Å²) in [5.74, 6) is 0.311. The van der Waals surface area contributed by atoms with Gasteiger partial charge in [-0.25, -0.2) is 0 Å². The number of carbonyl (C=O) groups excluding carboxylic acids is 1. The summed E-state index contributed by atoms with van der Waals surface area (Å²) < 4.78 is 11.3. The number of fused-ring (bicyclic) bond motifs is 1. The summed E-state index contributed by atoms with van der Waals surface area (Å²) in [6.07, 6.45) is 6.68. The lowest BCUT2D eigenvalue weighted by Gasteiger charge is -2.48. The van der Waals surface area contributed by atoms with Crippen LogP contribution in [0.5, 0.6) is 0 Å². The summed E-state index contributed by atoms with van der Waals surface area (Å²) in [6.45, 7) is 3.80. The van der Waals surface area contributed by atoms with E-state index in [0.29, 0.717) is 25.2 Å². The van der Waals surface area contributed by atoms with Crippen molar-refractivity contribution in [2.24, 2.45) is 5.41 Å². The highest BCUT2D eigenvalue weighted by Crippen LogP contribution is 2.36. The molecule has 6 heteroatoms. The second-order valence-corrected chi connectivity index (χ2v) is 6.72. The number of ether oxygens (including phenoxy) is 2. The first kappa shape index (κ1) is 18.0. The molecular weight excluding hydrogens is 304 g/mol. The summed E-state index contributed by atoms with van der Waals surface area (Å²) in [5, 5.41) is 3.36. The Morgan fingerprint density at radius 1 is 1.32 bits per heavy atom. The molecule has 2 aliphatic heterocycles. The number of amides is 1. The van der Waals surface area contributed by atoms with Gasteiger partial charge in [0.1, 0.15) is 0 Å². The molecule has 22 heavy (non-hydrogen) atoms. The third-order valence-electron chi connectivity index (χ3n) is 5.43. The van der Waals surface area contributed by atoms with Crippen molar-refractivity contribution in [3.8, 4) is 0 Å². The molecule has 0 bridgehead atoms. The number of carbonyl (C=O) groups is 1. The van der Waals surface area contributed by atoms with E-state index in [2.05, 4.69) is 10.2 Å². The first-order chi connectivity index (χ1) is 10.3. The lowest BCUT2D eigenvalue weighted by atomic mass is 9.77. The molecule has 1 amide bonds. The van der Waals surface area contributed by atoms with Crippen LogP contribution in [0.1, 0.15) is 38.5 Å². The molecule has 2 saturated heterocycles. The van der Waals surface area contributed by atoms with Crippen molar-refractivity contribution in [1.82, 2.24) is 10.2 Å². The molecule has 3 rings (SSSR count). The van der Waals surface area contributed by atoms with Gasteiger partial charge in [-0.1, -0.05) is 12.8 Å². The Kier molecular flexibility index (Phi) is 6.50. The predicted molar refractivity (Wildman–Crippen MR) is 87.4 cm³/mol. The average molecular weight is 333 g/mol. The number of methoxy groups -OCH3 is 1. The Balaban J connectivity index is 0.00000176. The normalized spacial score (nSPS) is 31.0. The van der Waals surface area contributed by atoms with E-state index < -0.39 is 0 Å². The van der Waals surface area contributed by atoms with Crippen LogP contribution < -0.4 is 5.32 Å². The third-order valence-corrected chi connectivity index (χ3v) is 5.43. The Morgan fingerprint density at radius 2 is 2.05 bits per heavy atom. The van der Waals surface area contributed by atoms with E-state index in [0.717, 1.165) is 45.3 Å². The van der Waals surface area contributed by atoms with E-state index in [1.54, 1.807) is 7.11 Å². The van der Waals surface area contributed by atoms with Crippen LogP contribution in [0.2, 0.25) is 0 Å². The Bertz CT molecular complexity index is 367. The Labute approximate surface area is 139 Å². The summed E-state index contributed by atoms with van der Waals surface area (Å²) in [7, 11) is 1.71. The van der Waals surface area contributed by atoms with Gasteiger partial charge in [0.15, 0.2) is 0 Å². The van der Waals surface area contributed by atoms with Gasteiger partial charge in [0, 0.05) is 13.7 Å². The van der Waals surface area contributed by atoms with Gasteiger partial charge in [-0.05, 0) is 38.8 Å². The molecule has 1 aliphatic carbocycles. The molecule has 0 aromatic heterocycles. The molecule has 1 saturated carbocycles. The maximum Gasteiger partial charge on any atom is 0.231 e. The van der Waals surface area contributed by atoms with Crippen LogP contribution in [0, 0.1) is 5.41 Å². The molecule has 2 unspecified atom stereocenters. The second-order valence-electron chi connectivity index (χ2n) is 6.72. The van der Waals surface area contributed by atoms with Gasteiger partial charge in [0.05, 0.1) is 30.8 Å². The maximum atomic E-state index is 13.3. The van der Waals surface area contributed by atoms with E-state index in [9.17, 15) is 4.79 Å². The van der Waals surface area contributed by atoms with Crippen molar-refractivity contribution in [2.75, 3.05) is 40.0 Å². The first-order valence-corrected chi connectivity index (χ1v) is 8.39. The highest BCUT2D eigenvalue weighted by Gasteiger charge is 2.46. The number of morpholine rings is 1. The summed E-state index contributed by atoms with van der Waals surface area (Å²) in [4.78, 5) is 15.4. The van der Waals surface area contributed by atoms with Crippen molar-refractivity contribution in [2.45, 2.75) is 50.7 Å². The van der Waals surface area contributed by atoms with Crippen LogP contribution in [-0.4, -0.2) is 62.9 Å². The molecule has 128 valence electrons. The van der Waals surface area contributed by atoms with Crippen molar-refractivity contribution in [1.29, 1.82) is 0 Å². The number of rotatable bonds is 3. The molecule has 1 N–H and O–H groups in total. The molecule has 3 fully saturated rings. The largest absolute Gasteiger partial charge is 0.384 e. The molecular formula is C16H29ClN2O3. The lowest BCUT2D eigenvalue weighted by Crippen LogP contribution is -2.60. The summed E-state index contributed by atoms with van der Waals surface area (Å²) in [6, 6.07) is 0.295. The van der Waals surface area contributed by atoms with Gasteiger partial charge in [-0.15, -0.1) is 12.4 Å². The molecule has 0 aromatic rings.